The number of hydrogen-bond acceptors (Lipinski definition) is 8. The Morgan fingerprint density at radius 3 is 2.13 bits per heavy atom. The van der Waals surface area contributed by atoms with E-state index in [0.29, 0.717) is 19.3 Å². The normalized spacial score (nSPS) is 29.3. The first-order valence-electron chi connectivity index (χ1n) is 9.61. The van der Waals surface area contributed by atoms with Crippen LogP contribution in [0.15, 0.2) is 0 Å². The van der Waals surface area contributed by atoms with Crippen LogP contribution in [0.3, 0.4) is 0 Å². The van der Waals surface area contributed by atoms with Gasteiger partial charge in [0.15, 0.2) is 0 Å². The number of rotatable bonds is 7. The van der Waals surface area contributed by atoms with E-state index in [-0.39, 0.29) is 18.9 Å². The quantitative estimate of drug-likeness (QED) is 0.400. The minimum atomic E-state index is -2.40. The highest BCUT2D eigenvalue weighted by Gasteiger charge is 2.62. The van der Waals surface area contributed by atoms with Crippen molar-refractivity contribution in [3.05, 3.63) is 0 Å². The molecule has 4 N–H and O–H groups in total. The Morgan fingerprint density at radius 2 is 1.70 bits per heavy atom. The molecule has 1 amide bonds. The fourth-order valence-electron chi connectivity index (χ4n) is 3.25. The zero-order valence-corrected chi connectivity index (χ0v) is 18.0. The van der Waals surface area contributed by atoms with Crippen LogP contribution in [-0.2, 0) is 23.8 Å². The predicted octanol–water partition coefficient (Wildman–Crippen LogP) is 1.36. The number of alkyl halides is 2. The van der Waals surface area contributed by atoms with Gasteiger partial charge in [0.05, 0.1) is 14.2 Å². The molecule has 9 nitrogen and oxygen atoms in total. The van der Waals surface area contributed by atoms with Gasteiger partial charge in [0.1, 0.15) is 16.7 Å². The zero-order valence-electron chi connectivity index (χ0n) is 18.0. The number of nitrogens with two attached hydrogens (primary N) is 1. The van der Waals surface area contributed by atoms with Crippen LogP contribution >= 0.6 is 0 Å². The summed E-state index contributed by atoms with van der Waals surface area (Å²) in [5.74, 6) is -1.59. The summed E-state index contributed by atoms with van der Waals surface area (Å²) in [6, 6.07) is 0. The van der Waals surface area contributed by atoms with E-state index in [0.717, 1.165) is 0 Å². The first kappa shape index (κ1) is 26.0. The molecule has 2 aliphatic rings. The summed E-state index contributed by atoms with van der Waals surface area (Å²) in [7, 11) is 2.48. The van der Waals surface area contributed by atoms with Gasteiger partial charge in [-0.2, -0.15) is 0 Å². The SMILES string of the molecule is COC(=O)[C@@]1(N)C[C@H]1CC(F)F.COC(=O)[C@@]1(NC(=O)OC(C)(C)C)C[C@H]1CCO. The van der Waals surface area contributed by atoms with Gasteiger partial charge in [0.2, 0.25) is 6.43 Å². The fraction of sp³-hybridized carbons (Fsp3) is 0.842. The lowest BCUT2D eigenvalue weighted by Crippen LogP contribution is -2.47. The lowest BCUT2D eigenvalue weighted by Gasteiger charge is -2.23. The summed E-state index contributed by atoms with van der Waals surface area (Å²) in [5, 5.41) is 11.5. The number of amides is 1. The van der Waals surface area contributed by atoms with Crippen molar-refractivity contribution >= 4 is 18.0 Å². The number of ether oxygens (including phenoxy) is 3. The van der Waals surface area contributed by atoms with E-state index in [2.05, 4.69) is 10.1 Å². The molecule has 0 unspecified atom stereocenters. The molecule has 30 heavy (non-hydrogen) atoms. The van der Waals surface area contributed by atoms with E-state index in [4.69, 9.17) is 20.3 Å². The molecule has 0 aliphatic heterocycles. The number of carbonyl (C=O) groups is 3. The summed E-state index contributed by atoms with van der Waals surface area (Å²) in [6.07, 6.45) is -2.13. The monoisotopic (exact) mass is 438 g/mol. The third kappa shape index (κ3) is 6.76. The van der Waals surface area contributed by atoms with Gasteiger partial charge in [0, 0.05) is 13.0 Å². The molecule has 2 saturated carbocycles. The molecule has 2 rings (SSSR count). The average molecular weight is 438 g/mol. The molecule has 0 spiro atoms. The molecule has 0 aromatic heterocycles. The van der Waals surface area contributed by atoms with E-state index in [1.807, 2.05) is 0 Å². The largest absolute Gasteiger partial charge is 0.468 e. The molecule has 0 aromatic rings. The van der Waals surface area contributed by atoms with Gasteiger partial charge in [0.25, 0.3) is 0 Å². The van der Waals surface area contributed by atoms with Crippen molar-refractivity contribution in [3.8, 4) is 0 Å². The van der Waals surface area contributed by atoms with Crippen LogP contribution in [0.25, 0.3) is 0 Å². The third-order valence-electron chi connectivity index (χ3n) is 5.04. The van der Waals surface area contributed by atoms with Crippen molar-refractivity contribution in [1.29, 1.82) is 0 Å². The van der Waals surface area contributed by atoms with Crippen LogP contribution in [-0.4, -0.2) is 67.1 Å². The Kier molecular flexibility index (Phi) is 8.56. The molecule has 2 aliphatic carbocycles. The highest BCUT2D eigenvalue weighted by molar-refractivity contribution is 5.89. The second kappa shape index (κ2) is 9.86. The molecular weight excluding hydrogens is 406 g/mol. The summed E-state index contributed by atoms with van der Waals surface area (Å²) in [4.78, 5) is 34.3. The van der Waals surface area contributed by atoms with Crippen molar-refractivity contribution < 1.29 is 42.5 Å². The second-order valence-corrected chi connectivity index (χ2v) is 8.56. The van der Waals surface area contributed by atoms with Crippen LogP contribution in [0.1, 0.15) is 46.5 Å². The van der Waals surface area contributed by atoms with Crippen molar-refractivity contribution in [2.45, 2.75) is 69.6 Å². The molecule has 0 saturated heterocycles. The molecule has 0 aromatic carbocycles. The van der Waals surface area contributed by atoms with E-state index >= 15 is 0 Å². The topological polar surface area (TPSA) is 137 Å². The number of halogens is 2. The van der Waals surface area contributed by atoms with Crippen LogP contribution in [0.2, 0.25) is 0 Å². The Balaban J connectivity index is 0.000000325. The number of esters is 2. The number of aliphatic hydroxyl groups is 1. The Morgan fingerprint density at radius 1 is 1.13 bits per heavy atom. The number of nitrogens with one attached hydrogen (secondary N) is 1. The number of methoxy groups -OCH3 is 2. The van der Waals surface area contributed by atoms with Gasteiger partial charge in [-0.05, 0) is 51.9 Å². The van der Waals surface area contributed by atoms with E-state index < -0.39 is 47.1 Å². The number of hydrogen-bond donors (Lipinski definition) is 3. The van der Waals surface area contributed by atoms with Gasteiger partial charge < -0.3 is 30.4 Å². The van der Waals surface area contributed by atoms with E-state index in [1.54, 1.807) is 20.8 Å². The van der Waals surface area contributed by atoms with Gasteiger partial charge >= 0.3 is 18.0 Å². The van der Waals surface area contributed by atoms with Gasteiger partial charge in [-0.3, -0.25) is 4.79 Å². The first-order chi connectivity index (χ1) is 13.8. The van der Waals surface area contributed by atoms with Crippen LogP contribution in [0, 0.1) is 11.8 Å². The standard InChI is InChI=1S/C12H21NO5.C7H11F2NO2/c1-11(2,3)18-10(16)13-12(9(15)17-4)7-8(12)5-6-14;1-12-6(11)7(10)3-4(7)2-5(8)9/h8,14H,5-7H2,1-4H3,(H,13,16);4-5H,2-3,10H2,1H3/t8-,12-;4-,7-/m11/s1. The lowest BCUT2D eigenvalue weighted by atomic mass is 10.1. The van der Waals surface area contributed by atoms with Crippen molar-refractivity contribution in [2.24, 2.45) is 17.6 Å². The van der Waals surface area contributed by atoms with Crippen molar-refractivity contribution in [3.63, 3.8) is 0 Å². The average Bonchev–Trinajstić information content (AvgIpc) is 3.49. The zero-order chi connectivity index (χ0) is 23.3. The summed E-state index contributed by atoms with van der Waals surface area (Å²) in [5.41, 5.74) is 2.70. The van der Waals surface area contributed by atoms with Crippen LogP contribution in [0.5, 0.6) is 0 Å². The second-order valence-electron chi connectivity index (χ2n) is 8.56. The van der Waals surface area contributed by atoms with Gasteiger partial charge in [-0.1, -0.05) is 0 Å². The maximum atomic E-state index is 11.8. The molecule has 174 valence electrons. The molecule has 11 heteroatoms. The van der Waals surface area contributed by atoms with Crippen LogP contribution < -0.4 is 11.1 Å². The Hall–Kier alpha value is -2.01. The fourth-order valence-corrected chi connectivity index (χ4v) is 3.25. The highest BCUT2D eigenvalue weighted by Crippen LogP contribution is 2.47. The number of aliphatic hydroxyl groups excluding tert-OH is 1. The van der Waals surface area contributed by atoms with Crippen LogP contribution in [0.4, 0.5) is 13.6 Å². The van der Waals surface area contributed by atoms with Gasteiger partial charge in [-0.25, -0.2) is 18.4 Å². The molecule has 4 atom stereocenters. The van der Waals surface area contributed by atoms with Crippen molar-refractivity contribution in [2.75, 3.05) is 20.8 Å². The van der Waals surface area contributed by atoms with Crippen molar-refractivity contribution in [1.82, 2.24) is 5.32 Å². The van der Waals surface area contributed by atoms with E-state index in [9.17, 15) is 23.2 Å². The summed E-state index contributed by atoms with van der Waals surface area (Å²) >= 11 is 0. The molecule has 0 radical (unpaired) electrons. The Bertz CT molecular complexity index is 641. The van der Waals surface area contributed by atoms with E-state index in [1.165, 1.54) is 14.2 Å². The summed E-state index contributed by atoms with van der Waals surface area (Å²) in [6.45, 7) is 5.21. The van der Waals surface area contributed by atoms with Gasteiger partial charge in [-0.15, -0.1) is 0 Å². The highest BCUT2D eigenvalue weighted by atomic mass is 19.3. The predicted molar refractivity (Wildman–Crippen MR) is 102 cm³/mol. The molecule has 0 bridgehead atoms. The lowest BCUT2D eigenvalue weighted by molar-refractivity contribution is -0.145. The number of carbonyl (C=O) groups excluding carboxylic acids is 3. The molecular formula is C19H32F2N2O7. The third-order valence-corrected chi connectivity index (χ3v) is 5.04. The maximum Gasteiger partial charge on any atom is 0.408 e. The summed E-state index contributed by atoms with van der Waals surface area (Å²) < 4.78 is 37.8. The smallest absolute Gasteiger partial charge is 0.408 e. The first-order valence-corrected chi connectivity index (χ1v) is 9.61. The molecule has 2 fully saturated rings. The minimum Gasteiger partial charge on any atom is -0.468 e. The minimum absolute atomic E-state index is 0.0284. The Labute approximate surface area is 174 Å². The maximum absolute atomic E-state index is 11.8. The molecule has 0 heterocycles. The number of alkyl carbamates (subject to hydrolysis) is 1.